The van der Waals surface area contributed by atoms with E-state index in [9.17, 15) is 0 Å². The number of aromatic nitrogens is 6. The highest BCUT2D eigenvalue weighted by atomic mass is 35.5. The summed E-state index contributed by atoms with van der Waals surface area (Å²) in [6.45, 7) is 0. The number of benzene rings is 2. The molecule has 0 bridgehead atoms. The maximum Gasteiger partial charge on any atom is 0.233 e. The van der Waals surface area contributed by atoms with Crippen LogP contribution in [0.25, 0.3) is 22.9 Å². The van der Waals surface area contributed by atoms with E-state index in [0.29, 0.717) is 22.4 Å². The SMILES string of the molecule is COc1ccccc1-c1nnc(SCc2cn3cccnc3n2)n1-c1ccc(Cl)cc1. The molecule has 7 nitrogen and oxygen atoms in total. The van der Waals surface area contributed by atoms with Crippen molar-refractivity contribution in [1.29, 1.82) is 0 Å². The Labute approximate surface area is 187 Å². The molecule has 0 saturated heterocycles. The van der Waals surface area contributed by atoms with Gasteiger partial charge in [0.05, 0.1) is 18.4 Å². The molecule has 0 N–H and O–H groups in total. The molecule has 0 radical (unpaired) electrons. The summed E-state index contributed by atoms with van der Waals surface area (Å²) in [6.07, 6.45) is 5.63. The van der Waals surface area contributed by atoms with Crippen molar-refractivity contribution in [2.24, 2.45) is 0 Å². The highest BCUT2D eigenvalue weighted by molar-refractivity contribution is 7.98. The first-order chi connectivity index (χ1) is 15.2. The van der Waals surface area contributed by atoms with Crippen LogP contribution in [0.3, 0.4) is 0 Å². The van der Waals surface area contributed by atoms with Gasteiger partial charge in [-0.3, -0.25) is 8.97 Å². The smallest absolute Gasteiger partial charge is 0.233 e. The number of nitrogens with zero attached hydrogens (tertiary/aromatic N) is 6. The van der Waals surface area contributed by atoms with E-state index in [-0.39, 0.29) is 0 Å². The quantitative estimate of drug-likeness (QED) is 0.343. The molecule has 0 aliphatic carbocycles. The second-order valence-electron chi connectivity index (χ2n) is 6.67. The highest BCUT2D eigenvalue weighted by Crippen LogP contribution is 2.34. The lowest BCUT2D eigenvalue weighted by Gasteiger charge is -2.12. The Morgan fingerprint density at radius 3 is 2.68 bits per heavy atom. The minimum atomic E-state index is 0.626. The zero-order valence-electron chi connectivity index (χ0n) is 16.5. The fourth-order valence-corrected chi connectivity index (χ4v) is 4.24. The van der Waals surface area contributed by atoms with Gasteiger partial charge in [-0.15, -0.1) is 10.2 Å². The first kappa shape index (κ1) is 19.6. The predicted octanol–water partition coefficient (Wildman–Crippen LogP) is 4.93. The van der Waals surface area contributed by atoms with Gasteiger partial charge in [0.2, 0.25) is 5.78 Å². The zero-order chi connectivity index (χ0) is 21.2. The first-order valence-electron chi connectivity index (χ1n) is 9.49. The summed E-state index contributed by atoms with van der Waals surface area (Å²) >= 11 is 7.67. The number of hydrogen-bond donors (Lipinski definition) is 0. The number of rotatable bonds is 6. The van der Waals surface area contributed by atoms with Gasteiger partial charge in [0, 0.05) is 35.1 Å². The fraction of sp³-hybridized carbons (Fsp3) is 0.0909. The zero-order valence-corrected chi connectivity index (χ0v) is 18.1. The van der Waals surface area contributed by atoms with Crippen molar-refractivity contribution in [2.75, 3.05) is 7.11 Å². The van der Waals surface area contributed by atoms with Crippen molar-refractivity contribution in [3.63, 3.8) is 0 Å². The van der Waals surface area contributed by atoms with Crippen LogP contribution in [-0.2, 0) is 5.75 Å². The van der Waals surface area contributed by atoms with Crippen molar-refractivity contribution in [2.45, 2.75) is 10.9 Å². The van der Waals surface area contributed by atoms with E-state index in [4.69, 9.17) is 16.3 Å². The number of methoxy groups -OCH3 is 1. The Balaban J connectivity index is 1.55. The topological polar surface area (TPSA) is 70.1 Å². The van der Waals surface area contributed by atoms with Gasteiger partial charge in [0.25, 0.3) is 0 Å². The van der Waals surface area contributed by atoms with E-state index in [1.54, 1.807) is 25.1 Å². The van der Waals surface area contributed by atoms with Gasteiger partial charge < -0.3 is 4.74 Å². The largest absolute Gasteiger partial charge is 0.496 e. The minimum absolute atomic E-state index is 0.626. The molecule has 0 amide bonds. The molecule has 0 fully saturated rings. The molecule has 5 aromatic rings. The fourth-order valence-electron chi connectivity index (χ4n) is 3.28. The van der Waals surface area contributed by atoms with Gasteiger partial charge in [-0.2, -0.15) is 0 Å². The molecule has 154 valence electrons. The number of halogens is 1. The van der Waals surface area contributed by atoms with Crippen molar-refractivity contribution in [1.82, 2.24) is 29.1 Å². The monoisotopic (exact) mass is 448 g/mol. The Bertz CT molecular complexity index is 1310. The summed E-state index contributed by atoms with van der Waals surface area (Å²) in [6, 6.07) is 17.2. The van der Waals surface area contributed by atoms with Gasteiger partial charge in [0.15, 0.2) is 11.0 Å². The average Bonchev–Trinajstić information content (AvgIpc) is 3.42. The summed E-state index contributed by atoms with van der Waals surface area (Å²) in [4.78, 5) is 8.85. The lowest BCUT2D eigenvalue weighted by Crippen LogP contribution is -2.01. The van der Waals surface area contributed by atoms with Crippen LogP contribution in [0.1, 0.15) is 5.69 Å². The molecule has 0 spiro atoms. The number of thioether (sulfide) groups is 1. The third kappa shape index (κ3) is 3.87. The maximum absolute atomic E-state index is 6.11. The molecule has 0 aliphatic heterocycles. The van der Waals surface area contributed by atoms with E-state index in [2.05, 4.69) is 20.2 Å². The molecule has 0 unspecified atom stereocenters. The maximum atomic E-state index is 6.11. The summed E-state index contributed by atoms with van der Waals surface area (Å²) < 4.78 is 9.46. The van der Waals surface area contributed by atoms with Crippen LogP contribution in [0.15, 0.2) is 78.3 Å². The first-order valence-corrected chi connectivity index (χ1v) is 10.9. The van der Waals surface area contributed by atoms with Gasteiger partial charge in [-0.05, 0) is 42.5 Å². The second kappa shape index (κ2) is 8.41. The van der Waals surface area contributed by atoms with E-state index in [1.807, 2.05) is 76.0 Å². The molecular formula is C22H17ClN6OS. The lowest BCUT2D eigenvalue weighted by atomic mass is 10.2. The van der Waals surface area contributed by atoms with Crippen molar-refractivity contribution in [3.05, 3.63) is 83.9 Å². The molecule has 2 aromatic carbocycles. The van der Waals surface area contributed by atoms with Crippen LogP contribution in [0.4, 0.5) is 0 Å². The number of hydrogen-bond acceptors (Lipinski definition) is 6. The van der Waals surface area contributed by atoms with Crippen LogP contribution in [0, 0.1) is 0 Å². The summed E-state index contributed by atoms with van der Waals surface area (Å²) in [7, 11) is 1.65. The van der Waals surface area contributed by atoms with Gasteiger partial charge in [0.1, 0.15) is 5.75 Å². The van der Waals surface area contributed by atoms with Gasteiger partial charge in [-0.1, -0.05) is 35.5 Å². The molecule has 9 heteroatoms. The summed E-state index contributed by atoms with van der Waals surface area (Å²) in [5.74, 6) is 2.72. The van der Waals surface area contributed by atoms with E-state index in [0.717, 1.165) is 27.9 Å². The molecule has 3 aromatic heterocycles. The third-order valence-corrected chi connectivity index (χ3v) is 5.92. The van der Waals surface area contributed by atoms with E-state index >= 15 is 0 Å². The number of fused-ring (bicyclic) bond motifs is 1. The van der Waals surface area contributed by atoms with Crippen molar-refractivity contribution in [3.8, 4) is 22.8 Å². The molecule has 3 heterocycles. The standard InChI is InChI=1S/C22H17ClN6OS/c1-30-19-6-3-2-5-18(19)20-26-27-22(29(20)17-9-7-15(23)8-10-17)31-14-16-13-28-12-4-11-24-21(28)25-16/h2-13H,14H2,1H3. The molecule has 5 rings (SSSR count). The molecule has 31 heavy (non-hydrogen) atoms. The number of ether oxygens (including phenoxy) is 1. The predicted molar refractivity (Wildman–Crippen MR) is 121 cm³/mol. The molecular weight excluding hydrogens is 432 g/mol. The Morgan fingerprint density at radius 2 is 1.87 bits per heavy atom. The van der Waals surface area contributed by atoms with Gasteiger partial charge >= 0.3 is 0 Å². The second-order valence-corrected chi connectivity index (χ2v) is 8.05. The van der Waals surface area contributed by atoms with Crippen molar-refractivity contribution < 1.29 is 4.74 Å². The van der Waals surface area contributed by atoms with E-state index in [1.165, 1.54) is 0 Å². The third-order valence-electron chi connectivity index (χ3n) is 4.70. The molecule has 0 aliphatic rings. The molecule has 0 saturated carbocycles. The van der Waals surface area contributed by atoms with Crippen LogP contribution in [0.5, 0.6) is 5.75 Å². The normalized spacial score (nSPS) is 11.2. The van der Waals surface area contributed by atoms with Crippen molar-refractivity contribution >= 4 is 29.1 Å². The van der Waals surface area contributed by atoms with Gasteiger partial charge in [-0.25, -0.2) is 9.97 Å². The summed E-state index contributed by atoms with van der Waals surface area (Å²) in [5, 5.41) is 10.4. The summed E-state index contributed by atoms with van der Waals surface area (Å²) in [5.41, 5.74) is 2.68. The Hall–Kier alpha value is -3.36. The molecule has 0 atom stereocenters. The highest BCUT2D eigenvalue weighted by Gasteiger charge is 2.19. The van der Waals surface area contributed by atoms with Crippen LogP contribution >= 0.6 is 23.4 Å². The van der Waals surface area contributed by atoms with Crippen LogP contribution < -0.4 is 4.74 Å². The van der Waals surface area contributed by atoms with E-state index < -0.39 is 0 Å². The van der Waals surface area contributed by atoms with Crippen LogP contribution in [-0.4, -0.2) is 36.2 Å². The number of imidazole rings is 1. The minimum Gasteiger partial charge on any atom is -0.496 e. The van der Waals surface area contributed by atoms with Crippen LogP contribution in [0.2, 0.25) is 5.02 Å². The Kier molecular flexibility index (Phi) is 5.31. The lowest BCUT2D eigenvalue weighted by molar-refractivity contribution is 0.416. The average molecular weight is 449 g/mol. The Morgan fingerprint density at radius 1 is 1.03 bits per heavy atom. The number of para-hydroxylation sites is 1.